The van der Waals surface area contributed by atoms with Gasteiger partial charge in [0.1, 0.15) is 5.70 Å². The molecule has 0 N–H and O–H groups in total. The molecule has 104 valence electrons. The topological polar surface area (TPSA) is 75.1 Å². The molecular formula is C15H17N3O2. The zero-order chi connectivity index (χ0) is 15.0. The number of methoxy groups -OCH3 is 1. The van der Waals surface area contributed by atoms with E-state index in [0.29, 0.717) is 5.92 Å². The van der Waals surface area contributed by atoms with Crippen LogP contribution in [0.3, 0.4) is 0 Å². The van der Waals surface area contributed by atoms with Crippen LogP contribution < -0.4 is 0 Å². The summed E-state index contributed by atoms with van der Waals surface area (Å²) in [4.78, 5) is 13.9. The van der Waals surface area contributed by atoms with Crippen molar-refractivity contribution >= 4 is 12.0 Å². The van der Waals surface area contributed by atoms with Crippen molar-refractivity contribution in [1.82, 2.24) is 0 Å². The van der Waals surface area contributed by atoms with Crippen LogP contribution >= 0.6 is 0 Å². The number of ether oxygens (including phenoxy) is 1. The highest BCUT2D eigenvalue weighted by atomic mass is 16.5. The van der Waals surface area contributed by atoms with Crippen LogP contribution in [-0.4, -0.2) is 13.1 Å². The van der Waals surface area contributed by atoms with Crippen molar-refractivity contribution in [1.29, 1.82) is 0 Å². The lowest BCUT2D eigenvalue weighted by molar-refractivity contribution is -0.136. The Kier molecular flexibility index (Phi) is 6.07. The fourth-order valence-corrected chi connectivity index (χ4v) is 1.54. The van der Waals surface area contributed by atoms with Crippen molar-refractivity contribution in [3.63, 3.8) is 0 Å². The number of allylic oxidation sites excluding steroid dienone is 2. The number of carbonyl (C=O) groups is 1. The molecule has 0 atom stereocenters. The Morgan fingerprint density at radius 3 is 2.50 bits per heavy atom. The van der Waals surface area contributed by atoms with E-state index in [1.54, 1.807) is 6.08 Å². The van der Waals surface area contributed by atoms with E-state index < -0.39 is 5.97 Å². The number of carbonyl (C=O) groups excluding carboxylic acids is 1. The van der Waals surface area contributed by atoms with Gasteiger partial charge in [0, 0.05) is 4.91 Å². The van der Waals surface area contributed by atoms with Gasteiger partial charge in [-0.3, -0.25) is 0 Å². The molecule has 0 aliphatic carbocycles. The highest BCUT2D eigenvalue weighted by Gasteiger charge is 2.04. The summed E-state index contributed by atoms with van der Waals surface area (Å²) >= 11 is 0. The van der Waals surface area contributed by atoms with Crippen LogP contribution in [0.25, 0.3) is 16.5 Å². The molecule has 5 nitrogen and oxygen atoms in total. The molecule has 20 heavy (non-hydrogen) atoms. The summed E-state index contributed by atoms with van der Waals surface area (Å²) in [7, 11) is 1.23. The van der Waals surface area contributed by atoms with Crippen molar-refractivity contribution < 1.29 is 9.53 Å². The second-order valence-electron chi connectivity index (χ2n) is 4.41. The SMILES string of the molecule is COC(=O)C(=CC=Cc1ccc(C(C)C)cc1)N=[N+]=[N-]. The van der Waals surface area contributed by atoms with E-state index in [-0.39, 0.29) is 5.70 Å². The second kappa shape index (κ2) is 7.81. The smallest absolute Gasteiger partial charge is 0.340 e. The molecule has 0 fully saturated rings. The molecule has 0 aliphatic heterocycles. The predicted molar refractivity (Wildman–Crippen MR) is 78.8 cm³/mol. The van der Waals surface area contributed by atoms with Crippen LogP contribution in [0, 0.1) is 0 Å². The number of hydrogen-bond acceptors (Lipinski definition) is 3. The van der Waals surface area contributed by atoms with E-state index in [0.717, 1.165) is 5.56 Å². The van der Waals surface area contributed by atoms with Crippen molar-refractivity contribution in [3.8, 4) is 0 Å². The molecule has 1 rings (SSSR count). The number of rotatable bonds is 5. The van der Waals surface area contributed by atoms with Gasteiger partial charge in [0.15, 0.2) is 0 Å². The van der Waals surface area contributed by atoms with Crippen LogP contribution in [-0.2, 0) is 9.53 Å². The molecular weight excluding hydrogens is 254 g/mol. The van der Waals surface area contributed by atoms with Crippen molar-refractivity contribution in [3.05, 3.63) is 63.7 Å². The molecule has 0 aromatic heterocycles. The number of azide groups is 1. The normalized spacial score (nSPS) is 11.5. The van der Waals surface area contributed by atoms with Crippen LogP contribution in [0.15, 0.2) is 47.2 Å². The van der Waals surface area contributed by atoms with Crippen molar-refractivity contribution in [2.75, 3.05) is 7.11 Å². The Morgan fingerprint density at radius 1 is 1.35 bits per heavy atom. The van der Waals surface area contributed by atoms with Crippen LogP contribution in [0.1, 0.15) is 30.9 Å². The zero-order valence-corrected chi connectivity index (χ0v) is 11.8. The lowest BCUT2D eigenvalue weighted by Gasteiger charge is -2.04. The van der Waals surface area contributed by atoms with E-state index >= 15 is 0 Å². The molecule has 0 amide bonds. The lowest BCUT2D eigenvalue weighted by Crippen LogP contribution is -2.01. The molecule has 0 heterocycles. The quantitative estimate of drug-likeness (QED) is 0.201. The van der Waals surface area contributed by atoms with Gasteiger partial charge < -0.3 is 4.74 Å². The summed E-state index contributed by atoms with van der Waals surface area (Å²) in [5, 5.41) is 3.28. The first-order valence-corrected chi connectivity index (χ1v) is 6.20. The van der Waals surface area contributed by atoms with Gasteiger partial charge in [-0.05, 0) is 28.7 Å². The maximum absolute atomic E-state index is 11.3. The Morgan fingerprint density at radius 2 is 2.00 bits per heavy atom. The first-order valence-electron chi connectivity index (χ1n) is 6.20. The minimum absolute atomic E-state index is 0.0787. The zero-order valence-electron chi connectivity index (χ0n) is 11.8. The van der Waals surface area contributed by atoms with Gasteiger partial charge >= 0.3 is 5.97 Å². The molecule has 0 radical (unpaired) electrons. The Balaban J connectivity index is 2.85. The molecule has 0 unspecified atom stereocenters. The van der Waals surface area contributed by atoms with E-state index in [9.17, 15) is 4.79 Å². The third kappa shape index (κ3) is 4.63. The van der Waals surface area contributed by atoms with Gasteiger partial charge in [-0.25, -0.2) is 4.79 Å². The number of nitrogens with zero attached hydrogens (tertiary/aromatic N) is 3. The third-order valence-corrected chi connectivity index (χ3v) is 2.69. The second-order valence-corrected chi connectivity index (χ2v) is 4.41. The van der Waals surface area contributed by atoms with Gasteiger partial charge in [0.25, 0.3) is 0 Å². The average Bonchev–Trinajstić information content (AvgIpc) is 2.46. The summed E-state index contributed by atoms with van der Waals surface area (Å²) in [6.45, 7) is 4.27. The molecule has 0 bridgehead atoms. The van der Waals surface area contributed by atoms with Gasteiger partial charge in [-0.1, -0.05) is 55.4 Å². The van der Waals surface area contributed by atoms with Crippen LogP contribution in [0.5, 0.6) is 0 Å². The molecule has 0 spiro atoms. The lowest BCUT2D eigenvalue weighted by atomic mass is 10.0. The maximum Gasteiger partial charge on any atom is 0.340 e. The Hall–Kier alpha value is -2.52. The minimum Gasteiger partial charge on any atom is -0.466 e. The van der Waals surface area contributed by atoms with E-state index in [2.05, 4.69) is 40.7 Å². The molecule has 5 heteroatoms. The fourth-order valence-electron chi connectivity index (χ4n) is 1.54. The monoisotopic (exact) mass is 271 g/mol. The highest BCUT2D eigenvalue weighted by molar-refractivity contribution is 5.88. The molecule has 1 aromatic rings. The van der Waals surface area contributed by atoms with E-state index in [1.165, 1.54) is 18.7 Å². The summed E-state index contributed by atoms with van der Waals surface area (Å²) in [6, 6.07) is 8.10. The van der Waals surface area contributed by atoms with Gasteiger partial charge in [-0.15, -0.1) is 0 Å². The summed E-state index contributed by atoms with van der Waals surface area (Å²) in [6.07, 6.45) is 4.88. The van der Waals surface area contributed by atoms with Crippen LogP contribution in [0.4, 0.5) is 0 Å². The van der Waals surface area contributed by atoms with E-state index in [4.69, 9.17) is 5.53 Å². The van der Waals surface area contributed by atoms with Gasteiger partial charge in [-0.2, -0.15) is 0 Å². The van der Waals surface area contributed by atoms with Crippen LogP contribution in [0.2, 0.25) is 0 Å². The molecule has 1 aromatic carbocycles. The summed E-state index contributed by atoms with van der Waals surface area (Å²) in [5.41, 5.74) is 10.5. The van der Waals surface area contributed by atoms with Crippen molar-refractivity contribution in [2.45, 2.75) is 19.8 Å². The first-order chi connectivity index (χ1) is 9.58. The molecule has 0 aliphatic rings. The maximum atomic E-state index is 11.3. The molecule has 0 saturated heterocycles. The number of benzene rings is 1. The largest absolute Gasteiger partial charge is 0.466 e. The molecule has 0 saturated carbocycles. The Labute approximate surface area is 118 Å². The standard InChI is InChI=1S/C15H17N3O2/c1-11(2)13-9-7-12(8-10-13)5-4-6-14(17-18-16)15(19)20-3/h4-11H,1-3H3. The number of esters is 1. The van der Waals surface area contributed by atoms with Gasteiger partial charge in [0.05, 0.1) is 7.11 Å². The van der Waals surface area contributed by atoms with Gasteiger partial charge in [0.2, 0.25) is 0 Å². The number of hydrogen-bond donors (Lipinski definition) is 0. The average molecular weight is 271 g/mol. The predicted octanol–water partition coefficient (Wildman–Crippen LogP) is 4.19. The third-order valence-electron chi connectivity index (χ3n) is 2.69. The van der Waals surface area contributed by atoms with E-state index in [1.807, 2.05) is 18.2 Å². The highest BCUT2D eigenvalue weighted by Crippen LogP contribution is 2.15. The summed E-state index contributed by atoms with van der Waals surface area (Å²) < 4.78 is 4.50. The fraction of sp³-hybridized carbons (Fsp3) is 0.267. The minimum atomic E-state index is -0.664. The van der Waals surface area contributed by atoms with Crippen molar-refractivity contribution in [2.24, 2.45) is 5.11 Å². The first kappa shape index (κ1) is 15.5. The summed E-state index contributed by atoms with van der Waals surface area (Å²) in [5.74, 6) is -0.175. The Bertz CT molecular complexity index is 565.